The van der Waals surface area contributed by atoms with E-state index in [1.807, 2.05) is 13.8 Å². The fourth-order valence-corrected chi connectivity index (χ4v) is 5.15. The number of hydrogen-bond acceptors (Lipinski definition) is 7. The van der Waals surface area contributed by atoms with E-state index in [-0.39, 0.29) is 23.8 Å². The molecular weight excluding hydrogens is 456 g/mol. The molecule has 180 valence electrons. The van der Waals surface area contributed by atoms with E-state index in [9.17, 15) is 14.4 Å². The molecule has 3 aromatic rings. The van der Waals surface area contributed by atoms with Crippen molar-refractivity contribution in [1.29, 1.82) is 0 Å². The minimum Gasteiger partial charge on any atom is -0.497 e. The van der Waals surface area contributed by atoms with Crippen LogP contribution < -0.4 is 15.0 Å². The summed E-state index contributed by atoms with van der Waals surface area (Å²) in [6.07, 6.45) is 0.611. The summed E-state index contributed by atoms with van der Waals surface area (Å²) >= 11 is 1.50. The second-order valence-corrected chi connectivity index (χ2v) is 9.42. The van der Waals surface area contributed by atoms with Gasteiger partial charge in [0.05, 0.1) is 25.2 Å². The first-order valence-electron chi connectivity index (χ1n) is 11.1. The van der Waals surface area contributed by atoms with Crippen LogP contribution >= 0.6 is 11.3 Å². The van der Waals surface area contributed by atoms with Crippen LogP contribution in [0.2, 0.25) is 0 Å². The largest absolute Gasteiger partial charge is 0.497 e. The Hall–Kier alpha value is -3.40. The Morgan fingerprint density at radius 2 is 1.79 bits per heavy atom. The average molecular weight is 485 g/mol. The molecule has 0 atom stereocenters. The van der Waals surface area contributed by atoms with Crippen LogP contribution in [0.1, 0.15) is 33.0 Å². The summed E-state index contributed by atoms with van der Waals surface area (Å²) < 4.78 is 10.5. The lowest BCUT2D eigenvalue weighted by Crippen LogP contribution is -2.50. The Balaban J connectivity index is 1.35. The van der Waals surface area contributed by atoms with Gasteiger partial charge in [0.25, 0.3) is 11.5 Å². The van der Waals surface area contributed by atoms with Crippen LogP contribution in [0.4, 0.5) is 0 Å². The van der Waals surface area contributed by atoms with Crippen molar-refractivity contribution in [3.8, 4) is 11.5 Å². The number of fused-ring (bicyclic) bond motifs is 1. The summed E-state index contributed by atoms with van der Waals surface area (Å²) in [5.41, 5.74) is 1.26. The molecule has 0 radical (unpaired) electrons. The molecule has 2 amide bonds. The molecule has 1 fully saturated rings. The van der Waals surface area contributed by atoms with E-state index in [0.717, 1.165) is 10.4 Å². The van der Waals surface area contributed by atoms with Gasteiger partial charge in [0.2, 0.25) is 5.91 Å². The van der Waals surface area contributed by atoms with Crippen molar-refractivity contribution in [3.63, 3.8) is 0 Å². The summed E-state index contributed by atoms with van der Waals surface area (Å²) in [7, 11) is 3.07. The number of methoxy groups -OCH3 is 2. The molecule has 1 N–H and O–H groups in total. The van der Waals surface area contributed by atoms with Gasteiger partial charge in [-0.15, -0.1) is 11.3 Å². The number of piperazine rings is 1. The Labute approximate surface area is 201 Å². The number of ether oxygens (including phenoxy) is 2. The maximum atomic E-state index is 13.0. The van der Waals surface area contributed by atoms with Crippen LogP contribution in [0.15, 0.2) is 23.0 Å². The lowest BCUT2D eigenvalue weighted by Gasteiger charge is -2.35. The highest BCUT2D eigenvalue weighted by molar-refractivity contribution is 7.18. The number of carbonyl (C=O) groups excluding carboxylic acids is 2. The van der Waals surface area contributed by atoms with Gasteiger partial charge >= 0.3 is 0 Å². The summed E-state index contributed by atoms with van der Waals surface area (Å²) in [4.78, 5) is 50.8. The molecule has 9 nitrogen and oxygen atoms in total. The number of nitrogens with one attached hydrogen (secondary N) is 1. The number of aromatic nitrogens is 2. The van der Waals surface area contributed by atoms with E-state index in [2.05, 4.69) is 9.97 Å². The number of amides is 2. The lowest BCUT2D eigenvalue weighted by molar-refractivity contribution is -0.132. The molecule has 1 saturated heterocycles. The number of aromatic amines is 1. The Kier molecular flexibility index (Phi) is 6.87. The predicted molar refractivity (Wildman–Crippen MR) is 130 cm³/mol. The van der Waals surface area contributed by atoms with Crippen molar-refractivity contribution >= 4 is 33.4 Å². The van der Waals surface area contributed by atoms with Gasteiger partial charge in [0.15, 0.2) is 0 Å². The Morgan fingerprint density at radius 3 is 2.47 bits per heavy atom. The van der Waals surface area contributed by atoms with E-state index in [4.69, 9.17) is 9.47 Å². The predicted octanol–water partition coefficient (Wildman–Crippen LogP) is 2.54. The van der Waals surface area contributed by atoms with Gasteiger partial charge in [-0.3, -0.25) is 14.4 Å². The molecule has 1 aliphatic rings. The fourth-order valence-electron chi connectivity index (χ4n) is 4.11. The molecule has 1 aliphatic heterocycles. The molecule has 0 bridgehead atoms. The number of thiophene rings is 1. The molecule has 0 aliphatic carbocycles. The lowest BCUT2D eigenvalue weighted by atomic mass is 10.1. The van der Waals surface area contributed by atoms with Crippen LogP contribution in [-0.4, -0.2) is 72.0 Å². The third-order valence-electron chi connectivity index (χ3n) is 6.22. The smallest absolute Gasteiger partial charge is 0.259 e. The van der Waals surface area contributed by atoms with Crippen LogP contribution in [0.5, 0.6) is 11.5 Å². The van der Waals surface area contributed by atoms with E-state index < -0.39 is 0 Å². The third-order valence-corrected chi connectivity index (χ3v) is 7.32. The number of hydrogen-bond donors (Lipinski definition) is 1. The summed E-state index contributed by atoms with van der Waals surface area (Å²) in [5.74, 6) is 1.44. The van der Waals surface area contributed by atoms with E-state index in [0.29, 0.717) is 65.7 Å². The van der Waals surface area contributed by atoms with E-state index >= 15 is 0 Å². The number of aryl methyl sites for hydroxylation is 3. The van der Waals surface area contributed by atoms with Gasteiger partial charge in [-0.25, -0.2) is 4.98 Å². The van der Waals surface area contributed by atoms with Crippen molar-refractivity contribution in [2.75, 3.05) is 40.4 Å². The fraction of sp³-hybridized carbons (Fsp3) is 0.417. The van der Waals surface area contributed by atoms with E-state index in [1.165, 1.54) is 18.4 Å². The summed E-state index contributed by atoms with van der Waals surface area (Å²) in [5, 5.41) is 0.631. The number of benzene rings is 1. The summed E-state index contributed by atoms with van der Waals surface area (Å²) in [6, 6.07) is 5.10. The van der Waals surface area contributed by atoms with Crippen molar-refractivity contribution in [3.05, 3.63) is 50.4 Å². The maximum Gasteiger partial charge on any atom is 0.259 e. The molecule has 0 spiro atoms. The number of H-pyrrole nitrogens is 1. The molecule has 4 rings (SSSR count). The zero-order chi connectivity index (χ0) is 24.4. The maximum absolute atomic E-state index is 13.0. The summed E-state index contributed by atoms with van der Waals surface area (Å²) in [6.45, 7) is 5.68. The highest BCUT2D eigenvalue weighted by Crippen LogP contribution is 2.27. The molecule has 3 heterocycles. The Morgan fingerprint density at radius 1 is 1.09 bits per heavy atom. The van der Waals surface area contributed by atoms with Crippen LogP contribution in [0, 0.1) is 13.8 Å². The molecule has 1 aromatic carbocycles. The molecule has 34 heavy (non-hydrogen) atoms. The minimum atomic E-state index is -0.157. The zero-order valence-electron chi connectivity index (χ0n) is 19.8. The van der Waals surface area contributed by atoms with Crippen LogP contribution in [0.3, 0.4) is 0 Å². The van der Waals surface area contributed by atoms with E-state index in [1.54, 1.807) is 35.1 Å². The van der Waals surface area contributed by atoms with Crippen molar-refractivity contribution in [2.45, 2.75) is 26.7 Å². The zero-order valence-corrected chi connectivity index (χ0v) is 20.6. The first kappa shape index (κ1) is 23.7. The quantitative estimate of drug-likeness (QED) is 0.577. The van der Waals surface area contributed by atoms with Gasteiger partial charge in [0.1, 0.15) is 22.2 Å². The Bertz CT molecular complexity index is 1290. The van der Waals surface area contributed by atoms with Crippen molar-refractivity contribution < 1.29 is 19.1 Å². The number of rotatable bonds is 6. The standard InChI is InChI=1S/C24H28N4O5S/c1-14-15(2)34-23-21(14)22(30)25-19(26-23)7-8-20(29)27-9-11-28(12-10-27)24(31)17-6-5-16(32-3)13-18(17)33-4/h5-6,13H,7-12H2,1-4H3,(H,25,26,30). The molecule has 2 aromatic heterocycles. The SMILES string of the molecule is COc1ccc(C(=O)N2CCN(C(=O)CCc3nc4sc(C)c(C)c4c(=O)[nH]3)CC2)c(OC)c1. The van der Waals surface area contributed by atoms with Crippen molar-refractivity contribution in [2.24, 2.45) is 0 Å². The first-order chi connectivity index (χ1) is 16.3. The van der Waals surface area contributed by atoms with Crippen LogP contribution in [-0.2, 0) is 11.2 Å². The van der Waals surface area contributed by atoms with Gasteiger partial charge in [-0.05, 0) is 31.5 Å². The minimum absolute atomic E-state index is 0.0181. The monoisotopic (exact) mass is 484 g/mol. The number of carbonyl (C=O) groups is 2. The normalized spacial score (nSPS) is 13.9. The van der Waals surface area contributed by atoms with Gasteiger partial charge in [-0.1, -0.05) is 0 Å². The van der Waals surface area contributed by atoms with Gasteiger partial charge < -0.3 is 24.3 Å². The first-order valence-corrected chi connectivity index (χ1v) is 11.9. The van der Waals surface area contributed by atoms with Gasteiger partial charge in [-0.2, -0.15) is 0 Å². The average Bonchev–Trinajstić information content (AvgIpc) is 3.15. The van der Waals surface area contributed by atoms with Crippen LogP contribution in [0.25, 0.3) is 10.2 Å². The molecule has 0 unspecified atom stereocenters. The highest BCUT2D eigenvalue weighted by Gasteiger charge is 2.26. The highest BCUT2D eigenvalue weighted by atomic mass is 32.1. The third kappa shape index (κ3) is 4.63. The molecule has 10 heteroatoms. The topological polar surface area (TPSA) is 105 Å². The molecule has 0 saturated carbocycles. The van der Waals surface area contributed by atoms with Crippen molar-refractivity contribution in [1.82, 2.24) is 19.8 Å². The van der Waals surface area contributed by atoms with Gasteiger partial charge in [0, 0.05) is 50.0 Å². The second kappa shape index (κ2) is 9.84. The molecular formula is C24H28N4O5S. The number of nitrogens with zero attached hydrogens (tertiary/aromatic N) is 3. The second-order valence-electron chi connectivity index (χ2n) is 8.22.